The van der Waals surface area contributed by atoms with Crippen LogP contribution in [0.1, 0.15) is 30.7 Å². The molecule has 0 saturated carbocycles. The van der Waals surface area contributed by atoms with Gasteiger partial charge >= 0.3 is 0 Å². The summed E-state index contributed by atoms with van der Waals surface area (Å²) in [6.07, 6.45) is 0.601. The summed E-state index contributed by atoms with van der Waals surface area (Å²) in [5.74, 6) is -0.216. The van der Waals surface area contributed by atoms with E-state index < -0.39 is 10.0 Å². The Morgan fingerprint density at radius 2 is 1.60 bits per heavy atom. The Kier molecular flexibility index (Phi) is 8.00. The van der Waals surface area contributed by atoms with Crippen LogP contribution in [0.15, 0.2) is 95.2 Å². The summed E-state index contributed by atoms with van der Waals surface area (Å²) in [4.78, 5) is 16.6. The molecule has 0 spiro atoms. The fourth-order valence-electron chi connectivity index (χ4n) is 4.00. The molecule has 1 atom stereocenters. The van der Waals surface area contributed by atoms with Gasteiger partial charge in [-0.2, -0.15) is 4.31 Å². The zero-order valence-electron chi connectivity index (χ0n) is 20.0. The molecule has 3 aromatic carbocycles. The van der Waals surface area contributed by atoms with Gasteiger partial charge < -0.3 is 4.90 Å². The molecule has 0 aliphatic rings. The molecule has 4 rings (SSSR count). The van der Waals surface area contributed by atoms with E-state index >= 15 is 0 Å². The molecule has 0 fully saturated rings. The van der Waals surface area contributed by atoms with Crippen molar-refractivity contribution in [1.82, 2.24) is 9.21 Å². The minimum absolute atomic E-state index is 0.206. The summed E-state index contributed by atoms with van der Waals surface area (Å²) in [5.41, 5.74) is 1.00. The molecule has 0 N–H and O–H groups in total. The third-order valence-corrected chi connectivity index (χ3v) is 9.01. The Bertz CT molecular complexity index is 1370. The maximum atomic E-state index is 13.8. The molecule has 0 radical (unpaired) electrons. The monoisotopic (exact) mass is 506 g/mol. The number of benzene rings is 3. The third-order valence-electron chi connectivity index (χ3n) is 6.20. The highest BCUT2D eigenvalue weighted by Crippen LogP contribution is 2.25. The lowest BCUT2D eigenvalue weighted by Gasteiger charge is -2.30. The van der Waals surface area contributed by atoms with E-state index in [-0.39, 0.29) is 23.4 Å². The van der Waals surface area contributed by atoms with Gasteiger partial charge in [0.15, 0.2) is 0 Å². The van der Waals surface area contributed by atoms with Gasteiger partial charge in [-0.25, -0.2) is 8.42 Å². The Hall–Kier alpha value is -3.00. The van der Waals surface area contributed by atoms with Crippen LogP contribution in [0.3, 0.4) is 0 Å². The molecular formula is C28H30N2O3S2. The Morgan fingerprint density at radius 1 is 0.886 bits per heavy atom. The van der Waals surface area contributed by atoms with Crippen molar-refractivity contribution in [2.45, 2.75) is 44.3 Å². The van der Waals surface area contributed by atoms with E-state index in [0.29, 0.717) is 19.5 Å². The number of fused-ring (bicyclic) bond motifs is 1. The lowest BCUT2D eigenvalue weighted by molar-refractivity contribution is -0.133. The van der Waals surface area contributed by atoms with Crippen molar-refractivity contribution in [3.63, 3.8) is 0 Å². The predicted molar refractivity (Wildman–Crippen MR) is 143 cm³/mol. The summed E-state index contributed by atoms with van der Waals surface area (Å²) in [6, 6.07) is 26.2. The maximum absolute atomic E-state index is 13.8. The fraction of sp³-hybridized carbons (Fsp3) is 0.250. The van der Waals surface area contributed by atoms with Gasteiger partial charge in [-0.05, 0) is 53.3 Å². The smallest absolute Gasteiger partial charge is 0.243 e. The minimum atomic E-state index is -3.88. The van der Waals surface area contributed by atoms with Crippen molar-refractivity contribution < 1.29 is 13.2 Å². The lowest BCUT2D eigenvalue weighted by Crippen LogP contribution is -2.46. The molecule has 0 saturated heterocycles. The van der Waals surface area contributed by atoms with E-state index in [1.54, 1.807) is 28.4 Å². The molecule has 4 aromatic rings. The number of hydrogen-bond acceptors (Lipinski definition) is 4. The number of hydrogen-bond donors (Lipinski definition) is 0. The number of rotatable bonds is 10. The normalized spacial score (nSPS) is 12.7. The Labute approximate surface area is 211 Å². The van der Waals surface area contributed by atoms with Crippen LogP contribution >= 0.6 is 11.3 Å². The number of carbonyl (C=O) groups is 1. The van der Waals surface area contributed by atoms with Crippen molar-refractivity contribution in [2.24, 2.45) is 0 Å². The topological polar surface area (TPSA) is 57.7 Å². The first kappa shape index (κ1) is 25.1. The molecule has 7 heteroatoms. The van der Waals surface area contributed by atoms with Crippen LogP contribution in [-0.4, -0.2) is 36.1 Å². The van der Waals surface area contributed by atoms with Gasteiger partial charge in [0, 0.05) is 17.5 Å². The number of thiophene rings is 1. The van der Waals surface area contributed by atoms with Crippen LogP contribution in [0.4, 0.5) is 0 Å². The highest BCUT2D eigenvalue weighted by atomic mass is 32.2. The first-order valence-electron chi connectivity index (χ1n) is 11.7. The second-order valence-corrected chi connectivity index (χ2v) is 11.6. The van der Waals surface area contributed by atoms with E-state index in [0.717, 1.165) is 21.2 Å². The quantitative estimate of drug-likeness (QED) is 0.268. The SMILES string of the molecule is CCC(C)N(CC(=O)N(Cc1ccccc1)Cc1cccs1)S(=O)(=O)c1ccc2ccccc2c1. The van der Waals surface area contributed by atoms with E-state index in [1.165, 1.54) is 4.31 Å². The third kappa shape index (κ3) is 5.99. The molecule has 1 heterocycles. The zero-order valence-corrected chi connectivity index (χ0v) is 21.6. The fourth-order valence-corrected chi connectivity index (χ4v) is 6.41. The summed E-state index contributed by atoms with van der Waals surface area (Å²) >= 11 is 1.59. The summed E-state index contributed by atoms with van der Waals surface area (Å²) in [6.45, 7) is 4.44. The number of amides is 1. The molecule has 182 valence electrons. The molecule has 0 aliphatic carbocycles. The molecule has 0 bridgehead atoms. The van der Waals surface area contributed by atoms with Gasteiger partial charge in [0.25, 0.3) is 0 Å². The van der Waals surface area contributed by atoms with Crippen LogP contribution in [0.25, 0.3) is 10.8 Å². The van der Waals surface area contributed by atoms with Crippen LogP contribution in [-0.2, 0) is 27.9 Å². The van der Waals surface area contributed by atoms with Crippen LogP contribution in [0.2, 0.25) is 0 Å². The average molecular weight is 507 g/mol. The Morgan fingerprint density at radius 3 is 2.29 bits per heavy atom. The highest BCUT2D eigenvalue weighted by molar-refractivity contribution is 7.89. The summed E-state index contributed by atoms with van der Waals surface area (Å²) in [7, 11) is -3.88. The number of carbonyl (C=O) groups excluding carboxylic acids is 1. The van der Waals surface area contributed by atoms with Gasteiger partial charge in [0.1, 0.15) is 0 Å². The van der Waals surface area contributed by atoms with E-state index in [1.807, 2.05) is 92.0 Å². The first-order valence-corrected chi connectivity index (χ1v) is 14.0. The van der Waals surface area contributed by atoms with Crippen molar-refractivity contribution in [3.8, 4) is 0 Å². The van der Waals surface area contributed by atoms with E-state index in [2.05, 4.69) is 0 Å². The van der Waals surface area contributed by atoms with Crippen molar-refractivity contribution >= 4 is 38.0 Å². The van der Waals surface area contributed by atoms with Crippen molar-refractivity contribution in [1.29, 1.82) is 0 Å². The molecule has 1 unspecified atom stereocenters. The second-order valence-electron chi connectivity index (χ2n) is 8.63. The second kappa shape index (κ2) is 11.2. The van der Waals surface area contributed by atoms with Gasteiger partial charge in [-0.3, -0.25) is 4.79 Å². The molecule has 35 heavy (non-hydrogen) atoms. The predicted octanol–water partition coefficient (Wildman–Crippen LogP) is 5.92. The van der Waals surface area contributed by atoms with Gasteiger partial charge in [0.05, 0.1) is 18.0 Å². The van der Waals surface area contributed by atoms with E-state index in [9.17, 15) is 13.2 Å². The molecule has 0 aliphatic heterocycles. The average Bonchev–Trinajstić information content (AvgIpc) is 3.39. The van der Waals surface area contributed by atoms with Crippen LogP contribution in [0, 0.1) is 0 Å². The standard InChI is InChI=1S/C28H30N2O3S2/c1-3-22(2)30(35(32,33)27-16-15-24-12-7-8-13-25(24)18-27)21-28(31)29(20-26-14-9-17-34-26)19-23-10-5-4-6-11-23/h4-18,22H,3,19-21H2,1-2H3. The highest BCUT2D eigenvalue weighted by Gasteiger charge is 2.32. The largest absolute Gasteiger partial charge is 0.332 e. The molecule has 1 amide bonds. The van der Waals surface area contributed by atoms with Crippen LogP contribution < -0.4 is 0 Å². The molecule has 1 aromatic heterocycles. The minimum Gasteiger partial charge on any atom is -0.332 e. The maximum Gasteiger partial charge on any atom is 0.243 e. The van der Waals surface area contributed by atoms with Gasteiger partial charge in [-0.1, -0.05) is 73.7 Å². The first-order chi connectivity index (χ1) is 16.9. The number of sulfonamides is 1. The van der Waals surface area contributed by atoms with Crippen molar-refractivity contribution in [2.75, 3.05) is 6.54 Å². The molecule has 5 nitrogen and oxygen atoms in total. The van der Waals surface area contributed by atoms with Gasteiger partial charge in [-0.15, -0.1) is 11.3 Å². The van der Waals surface area contributed by atoms with Crippen LogP contribution in [0.5, 0.6) is 0 Å². The Balaban J connectivity index is 1.63. The lowest BCUT2D eigenvalue weighted by atomic mass is 10.1. The van der Waals surface area contributed by atoms with E-state index in [4.69, 9.17) is 0 Å². The number of nitrogens with zero attached hydrogens (tertiary/aromatic N) is 2. The van der Waals surface area contributed by atoms with Gasteiger partial charge in [0.2, 0.25) is 15.9 Å². The van der Waals surface area contributed by atoms with Crippen molar-refractivity contribution in [3.05, 3.63) is 101 Å². The summed E-state index contributed by atoms with van der Waals surface area (Å²) < 4.78 is 28.9. The molecular weight excluding hydrogens is 476 g/mol. The summed E-state index contributed by atoms with van der Waals surface area (Å²) in [5, 5.41) is 3.81. The zero-order chi connectivity index (χ0) is 24.8.